The van der Waals surface area contributed by atoms with Crippen LogP contribution in [0, 0.1) is 0 Å². The van der Waals surface area contributed by atoms with Gasteiger partial charge in [0.25, 0.3) is 0 Å². The Morgan fingerprint density at radius 2 is 2.31 bits per heavy atom. The van der Waals surface area contributed by atoms with Gasteiger partial charge in [0.1, 0.15) is 5.75 Å². The first-order valence-corrected chi connectivity index (χ1v) is 5.33. The van der Waals surface area contributed by atoms with Crippen molar-refractivity contribution in [2.45, 2.75) is 12.8 Å². The molecule has 0 aliphatic rings. The van der Waals surface area contributed by atoms with Crippen molar-refractivity contribution in [1.29, 1.82) is 0 Å². The van der Waals surface area contributed by atoms with Crippen LogP contribution in [0.25, 0.3) is 0 Å². The van der Waals surface area contributed by atoms with Gasteiger partial charge in [0.05, 0.1) is 17.5 Å². The highest BCUT2D eigenvalue weighted by atomic mass is 35.5. The molecule has 0 spiro atoms. The lowest BCUT2D eigenvalue weighted by Gasteiger charge is -2.12. The van der Waals surface area contributed by atoms with Gasteiger partial charge < -0.3 is 15.6 Å². The average Bonchev–Trinajstić information content (AvgIpc) is 2.22. The number of benzene rings is 1. The fraction of sp³-hybridized carbons (Fsp3) is 0.364. The predicted octanol–water partition coefficient (Wildman–Crippen LogP) is 1.87. The number of ether oxygens (including phenoxy) is 1. The molecule has 1 rings (SSSR count). The Kier molecular flexibility index (Phi) is 4.58. The summed E-state index contributed by atoms with van der Waals surface area (Å²) in [6, 6.07) is 4.91. The first-order chi connectivity index (χ1) is 7.60. The van der Waals surface area contributed by atoms with E-state index in [0.717, 1.165) is 0 Å². The molecule has 0 saturated heterocycles. The summed E-state index contributed by atoms with van der Waals surface area (Å²) in [5.74, 6) is -1.13. The van der Waals surface area contributed by atoms with E-state index in [9.17, 15) is 4.79 Å². The first kappa shape index (κ1) is 12.8. The summed E-state index contributed by atoms with van der Waals surface area (Å²) in [5, 5.41) is 9.34. The average molecular weight is 244 g/mol. The topological polar surface area (TPSA) is 72.5 Å². The van der Waals surface area contributed by atoms with Crippen LogP contribution in [0.5, 0.6) is 5.75 Å². The molecule has 0 saturated carbocycles. The van der Waals surface area contributed by atoms with E-state index in [1.54, 1.807) is 18.2 Å². The molecule has 3 N–H and O–H groups in total. The summed E-state index contributed by atoms with van der Waals surface area (Å²) in [4.78, 5) is 10.9. The molecule has 88 valence electrons. The van der Waals surface area contributed by atoms with E-state index < -0.39 is 11.9 Å². The number of carbonyl (C=O) groups is 1. The third-order valence-corrected chi connectivity index (χ3v) is 2.49. The number of nitrogens with two attached hydrogens (primary N) is 1. The van der Waals surface area contributed by atoms with Crippen LogP contribution in [0.2, 0.25) is 5.02 Å². The summed E-state index contributed by atoms with van der Waals surface area (Å²) in [7, 11) is 0. The SMILES string of the molecule is CCOc1ccc(C(CN)C(=O)O)cc1Cl. The minimum Gasteiger partial charge on any atom is -0.492 e. The Morgan fingerprint density at radius 1 is 1.62 bits per heavy atom. The number of rotatable bonds is 5. The molecule has 0 fully saturated rings. The Morgan fingerprint density at radius 3 is 2.75 bits per heavy atom. The molecule has 0 bridgehead atoms. The normalized spacial score (nSPS) is 12.2. The molecule has 4 nitrogen and oxygen atoms in total. The number of hydrogen-bond donors (Lipinski definition) is 2. The van der Waals surface area contributed by atoms with Crippen LogP contribution in [0.3, 0.4) is 0 Å². The van der Waals surface area contributed by atoms with Gasteiger partial charge in [-0.2, -0.15) is 0 Å². The largest absolute Gasteiger partial charge is 0.492 e. The van der Waals surface area contributed by atoms with Gasteiger partial charge in [0.15, 0.2) is 0 Å². The van der Waals surface area contributed by atoms with Crippen LogP contribution in [0.4, 0.5) is 0 Å². The van der Waals surface area contributed by atoms with E-state index in [1.807, 2.05) is 6.92 Å². The molecule has 0 aromatic heterocycles. The molecular formula is C11H14ClNO3. The van der Waals surface area contributed by atoms with E-state index in [4.69, 9.17) is 27.2 Å². The quantitative estimate of drug-likeness (QED) is 0.828. The number of carboxylic acids is 1. The van der Waals surface area contributed by atoms with E-state index >= 15 is 0 Å². The molecule has 1 unspecified atom stereocenters. The molecule has 0 heterocycles. The minimum absolute atomic E-state index is 0.0413. The first-order valence-electron chi connectivity index (χ1n) is 4.95. The van der Waals surface area contributed by atoms with Crippen molar-refractivity contribution in [3.8, 4) is 5.75 Å². The highest BCUT2D eigenvalue weighted by Gasteiger charge is 2.18. The summed E-state index contributed by atoms with van der Waals surface area (Å²) >= 11 is 5.96. The number of halogens is 1. The summed E-state index contributed by atoms with van der Waals surface area (Å²) < 4.78 is 5.25. The highest BCUT2D eigenvalue weighted by molar-refractivity contribution is 6.32. The molecule has 16 heavy (non-hydrogen) atoms. The molecule has 5 heteroatoms. The van der Waals surface area contributed by atoms with Crippen molar-refractivity contribution in [3.05, 3.63) is 28.8 Å². The van der Waals surface area contributed by atoms with Gasteiger partial charge in [0, 0.05) is 6.54 Å². The van der Waals surface area contributed by atoms with Gasteiger partial charge >= 0.3 is 5.97 Å². The van der Waals surface area contributed by atoms with Gasteiger partial charge in [-0.05, 0) is 24.6 Å². The Labute approximate surface area is 99.0 Å². The Bertz CT molecular complexity index is 381. The number of carboxylic acid groups (broad SMARTS) is 1. The standard InChI is InChI=1S/C11H14ClNO3/c1-2-16-10-4-3-7(5-9(10)12)8(6-13)11(14)15/h3-5,8H,2,6,13H2,1H3,(H,14,15). The van der Waals surface area contributed by atoms with Crippen molar-refractivity contribution in [2.24, 2.45) is 5.73 Å². The Hall–Kier alpha value is -1.26. The van der Waals surface area contributed by atoms with E-state index in [0.29, 0.717) is 22.9 Å². The van der Waals surface area contributed by atoms with Crippen LogP contribution < -0.4 is 10.5 Å². The highest BCUT2D eigenvalue weighted by Crippen LogP contribution is 2.28. The molecule has 0 radical (unpaired) electrons. The molecular weight excluding hydrogens is 230 g/mol. The van der Waals surface area contributed by atoms with Crippen molar-refractivity contribution >= 4 is 17.6 Å². The zero-order chi connectivity index (χ0) is 12.1. The molecule has 1 atom stereocenters. The van der Waals surface area contributed by atoms with Gasteiger partial charge in [0.2, 0.25) is 0 Å². The van der Waals surface area contributed by atoms with Crippen molar-refractivity contribution in [1.82, 2.24) is 0 Å². The summed E-state index contributed by atoms with van der Waals surface area (Å²) in [6.45, 7) is 2.40. The Balaban J connectivity index is 2.99. The lowest BCUT2D eigenvalue weighted by molar-refractivity contribution is -0.138. The van der Waals surface area contributed by atoms with E-state index in [-0.39, 0.29) is 6.54 Å². The predicted molar refractivity (Wildman–Crippen MR) is 62.1 cm³/mol. The second kappa shape index (κ2) is 5.72. The fourth-order valence-electron chi connectivity index (χ4n) is 1.39. The van der Waals surface area contributed by atoms with Crippen molar-refractivity contribution in [2.75, 3.05) is 13.2 Å². The third kappa shape index (κ3) is 2.87. The monoisotopic (exact) mass is 243 g/mol. The fourth-order valence-corrected chi connectivity index (χ4v) is 1.63. The van der Waals surface area contributed by atoms with Crippen molar-refractivity contribution < 1.29 is 14.6 Å². The van der Waals surface area contributed by atoms with Crippen LogP contribution >= 0.6 is 11.6 Å². The van der Waals surface area contributed by atoms with Crippen LogP contribution in [-0.4, -0.2) is 24.2 Å². The van der Waals surface area contributed by atoms with E-state index in [2.05, 4.69) is 0 Å². The van der Waals surface area contributed by atoms with Crippen LogP contribution in [0.15, 0.2) is 18.2 Å². The zero-order valence-corrected chi connectivity index (χ0v) is 9.70. The van der Waals surface area contributed by atoms with E-state index in [1.165, 1.54) is 0 Å². The summed E-state index contributed by atoms with van der Waals surface area (Å²) in [5.41, 5.74) is 5.98. The lowest BCUT2D eigenvalue weighted by atomic mass is 9.99. The van der Waals surface area contributed by atoms with Crippen LogP contribution in [0.1, 0.15) is 18.4 Å². The number of hydrogen-bond acceptors (Lipinski definition) is 3. The van der Waals surface area contributed by atoms with Gasteiger partial charge in [-0.25, -0.2) is 0 Å². The van der Waals surface area contributed by atoms with Gasteiger partial charge in [-0.1, -0.05) is 17.7 Å². The van der Waals surface area contributed by atoms with Gasteiger partial charge in [-0.15, -0.1) is 0 Å². The molecule has 1 aromatic rings. The molecule has 1 aromatic carbocycles. The van der Waals surface area contributed by atoms with Gasteiger partial charge in [-0.3, -0.25) is 4.79 Å². The third-order valence-electron chi connectivity index (χ3n) is 2.19. The minimum atomic E-state index is -0.956. The second-order valence-corrected chi connectivity index (χ2v) is 3.66. The molecule has 0 aliphatic carbocycles. The lowest BCUT2D eigenvalue weighted by Crippen LogP contribution is -2.21. The smallest absolute Gasteiger partial charge is 0.312 e. The maximum Gasteiger partial charge on any atom is 0.312 e. The maximum atomic E-state index is 10.9. The number of aliphatic carboxylic acids is 1. The van der Waals surface area contributed by atoms with Crippen molar-refractivity contribution in [3.63, 3.8) is 0 Å². The zero-order valence-electron chi connectivity index (χ0n) is 8.94. The second-order valence-electron chi connectivity index (χ2n) is 3.25. The van der Waals surface area contributed by atoms with Crippen LogP contribution in [-0.2, 0) is 4.79 Å². The summed E-state index contributed by atoms with van der Waals surface area (Å²) in [6.07, 6.45) is 0. The molecule has 0 aliphatic heterocycles. The molecule has 0 amide bonds. The maximum absolute atomic E-state index is 10.9.